The molecule has 1 aromatic carbocycles. The highest BCUT2D eigenvalue weighted by Gasteiger charge is 1.87. The molecule has 0 N–H and O–H groups in total. The molecule has 0 heterocycles. The molecule has 0 amide bonds. The van der Waals surface area contributed by atoms with Crippen molar-refractivity contribution in [2.45, 2.75) is 13.8 Å². The van der Waals surface area contributed by atoms with Gasteiger partial charge in [0.05, 0.1) is 0 Å². The molecule has 1 nitrogen and oxygen atoms in total. The van der Waals surface area contributed by atoms with Crippen LogP contribution < -0.4 is 0 Å². The van der Waals surface area contributed by atoms with Gasteiger partial charge in [0.2, 0.25) is 0 Å². The number of benzene rings is 1. The third kappa shape index (κ3) is 3.83. The van der Waals surface area contributed by atoms with Gasteiger partial charge in [-0.2, -0.15) is 0 Å². The maximum Gasteiger partial charge on any atom is 0.107 e. The summed E-state index contributed by atoms with van der Waals surface area (Å²) in [6.07, 6.45) is 3.84. The lowest BCUT2D eigenvalue weighted by Crippen LogP contribution is -1.87. The van der Waals surface area contributed by atoms with Gasteiger partial charge in [0.25, 0.3) is 0 Å². The molecule has 0 spiro atoms. The molecule has 0 aliphatic rings. The van der Waals surface area contributed by atoms with Gasteiger partial charge in [-0.1, -0.05) is 29.7 Å². The smallest absolute Gasteiger partial charge is 0.107 e. The fourth-order valence-electron chi connectivity index (χ4n) is 1.10. The largest absolute Gasteiger partial charge is 0.280 e. The van der Waals surface area contributed by atoms with Gasteiger partial charge in [-0.15, -0.1) is 0 Å². The molecule has 0 bridgehead atoms. The summed E-state index contributed by atoms with van der Waals surface area (Å²) in [6, 6.07) is 8.15. The van der Waals surface area contributed by atoms with E-state index in [9.17, 15) is 0 Å². The molecule has 1 aromatic rings. The molecule has 0 aliphatic heterocycles. The Hall–Kier alpha value is -1.81. The van der Waals surface area contributed by atoms with Crippen LogP contribution in [0.2, 0.25) is 0 Å². The average Bonchev–Trinajstić information content (AvgIpc) is 2.26. The topological polar surface area (TPSA) is 12.4 Å². The molecule has 15 heavy (non-hydrogen) atoms. The van der Waals surface area contributed by atoms with Crippen LogP contribution in [0.25, 0.3) is 0 Å². The molecule has 76 valence electrons. The van der Waals surface area contributed by atoms with Gasteiger partial charge in [0, 0.05) is 12.6 Å². The molecule has 1 rings (SSSR count). The summed E-state index contributed by atoms with van der Waals surface area (Å²) in [5.74, 6) is 6.09. The van der Waals surface area contributed by atoms with Crippen molar-refractivity contribution >= 4 is 5.71 Å². The summed E-state index contributed by atoms with van der Waals surface area (Å²) in [7, 11) is 1.75. The van der Waals surface area contributed by atoms with Crippen LogP contribution in [-0.2, 0) is 0 Å². The van der Waals surface area contributed by atoms with E-state index in [2.05, 4.69) is 35.9 Å². The van der Waals surface area contributed by atoms with Crippen LogP contribution in [0.15, 0.2) is 41.4 Å². The molecule has 1 heteroatoms. The SMILES string of the molecule is C/C=C\C(C#Cc1ccc(C)cc1)=NC. The molecule has 0 unspecified atom stereocenters. The zero-order chi connectivity index (χ0) is 11.1. The fourth-order valence-corrected chi connectivity index (χ4v) is 1.10. The summed E-state index contributed by atoms with van der Waals surface area (Å²) in [4.78, 5) is 4.07. The molecule has 0 aliphatic carbocycles. The zero-order valence-electron chi connectivity index (χ0n) is 9.41. The van der Waals surface area contributed by atoms with Crippen LogP contribution >= 0.6 is 0 Å². The molecular formula is C14H15N. The summed E-state index contributed by atoms with van der Waals surface area (Å²) in [5, 5.41) is 0. The maximum atomic E-state index is 4.07. The molecule has 0 saturated carbocycles. The first-order valence-corrected chi connectivity index (χ1v) is 4.94. The Balaban J connectivity index is 2.85. The van der Waals surface area contributed by atoms with Crippen molar-refractivity contribution in [2.24, 2.45) is 4.99 Å². The van der Waals surface area contributed by atoms with Crippen molar-refractivity contribution in [3.8, 4) is 11.8 Å². The van der Waals surface area contributed by atoms with Gasteiger partial charge in [0.15, 0.2) is 0 Å². The number of nitrogens with zero attached hydrogens (tertiary/aromatic N) is 1. The minimum absolute atomic E-state index is 0.804. The van der Waals surface area contributed by atoms with Gasteiger partial charge < -0.3 is 0 Å². The summed E-state index contributed by atoms with van der Waals surface area (Å²) < 4.78 is 0. The van der Waals surface area contributed by atoms with E-state index < -0.39 is 0 Å². The van der Waals surface area contributed by atoms with Crippen molar-refractivity contribution in [2.75, 3.05) is 7.05 Å². The summed E-state index contributed by atoms with van der Waals surface area (Å²) >= 11 is 0. The number of aliphatic imine (C=N–C) groups is 1. The zero-order valence-corrected chi connectivity index (χ0v) is 9.41. The van der Waals surface area contributed by atoms with E-state index in [1.807, 2.05) is 31.2 Å². The standard InChI is InChI=1S/C14H15N/c1-4-5-14(15-3)11-10-13-8-6-12(2)7-9-13/h4-9H,1-3H3/b5-4-,15-14?. The highest BCUT2D eigenvalue weighted by molar-refractivity contribution is 6.08. The Morgan fingerprint density at radius 2 is 1.93 bits per heavy atom. The second-order valence-corrected chi connectivity index (χ2v) is 3.22. The van der Waals surface area contributed by atoms with E-state index >= 15 is 0 Å². The summed E-state index contributed by atoms with van der Waals surface area (Å²) in [6.45, 7) is 4.02. The van der Waals surface area contributed by atoms with Crippen LogP contribution in [0.4, 0.5) is 0 Å². The highest BCUT2D eigenvalue weighted by Crippen LogP contribution is 2.00. The Labute approximate surface area is 91.6 Å². The predicted molar refractivity (Wildman–Crippen MR) is 66.2 cm³/mol. The third-order valence-corrected chi connectivity index (χ3v) is 1.95. The second kappa shape index (κ2) is 5.82. The monoisotopic (exact) mass is 197 g/mol. The van der Waals surface area contributed by atoms with E-state index in [1.54, 1.807) is 7.05 Å². The highest BCUT2D eigenvalue weighted by atomic mass is 14.7. The number of rotatable bonds is 1. The van der Waals surface area contributed by atoms with Crippen LogP contribution in [0, 0.1) is 18.8 Å². The van der Waals surface area contributed by atoms with E-state index in [-0.39, 0.29) is 0 Å². The normalized spacial score (nSPS) is 11.3. The molecule has 0 atom stereocenters. The van der Waals surface area contributed by atoms with Gasteiger partial charge in [-0.25, -0.2) is 0 Å². The van der Waals surface area contributed by atoms with Gasteiger partial charge in [-0.3, -0.25) is 4.99 Å². The van der Waals surface area contributed by atoms with E-state index in [1.165, 1.54) is 5.56 Å². The predicted octanol–water partition coefficient (Wildman–Crippen LogP) is 2.99. The second-order valence-electron chi connectivity index (χ2n) is 3.22. The lowest BCUT2D eigenvalue weighted by Gasteiger charge is -1.91. The quantitative estimate of drug-likeness (QED) is 0.485. The van der Waals surface area contributed by atoms with Crippen molar-refractivity contribution in [1.82, 2.24) is 0 Å². The molecule has 0 fully saturated rings. The van der Waals surface area contributed by atoms with Gasteiger partial charge in [0.1, 0.15) is 5.71 Å². The average molecular weight is 197 g/mol. The molecule has 0 aromatic heterocycles. The van der Waals surface area contributed by atoms with Crippen molar-refractivity contribution in [1.29, 1.82) is 0 Å². The lowest BCUT2D eigenvalue weighted by molar-refractivity contribution is 1.45. The fraction of sp³-hybridized carbons (Fsp3) is 0.214. The lowest BCUT2D eigenvalue weighted by atomic mass is 10.1. The van der Waals surface area contributed by atoms with E-state index in [0.717, 1.165) is 11.3 Å². The number of aryl methyl sites for hydroxylation is 1. The van der Waals surface area contributed by atoms with Crippen LogP contribution in [0.5, 0.6) is 0 Å². The maximum absolute atomic E-state index is 4.07. The van der Waals surface area contributed by atoms with Crippen LogP contribution in [-0.4, -0.2) is 12.8 Å². The first-order valence-electron chi connectivity index (χ1n) is 4.94. The number of hydrogen-bond donors (Lipinski definition) is 0. The van der Waals surface area contributed by atoms with Crippen LogP contribution in [0.1, 0.15) is 18.1 Å². The Morgan fingerprint density at radius 3 is 2.47 bits per heavy atom. The van der Waals surface area contributed by atoms with Crippen molar-refractivity contribution in [3.63, 3.8) is 0 Å². The van der Waals surface area contributed by atoms with Crippen LogP contribution in [0.3, 0.4) is 0 Å². The van der Waals surface area contributed by atoms with Gasteiger partial charge >= 0.3 is 0 Å². The summed E-state index contributed by atoms with van der Waals surface area (Å²) in [5.41, 5.74) is 3.07. The Morgan fingerprint density at radius 1 is 1.27 bits per heavy atom. The van der Waals surface area contributed by atoms with Crippen molar-refractivity contribution in [3.05, 3.63) is 47.5 Å². The Kier molecular flexibility index (Phi) is 4.37. The van der Waals surface area contributed by atoms with Gasteiger partial charge in [-0.05, 0) is 38.0 Å². The minimum atomic E-state index is 0.804. The third-order valence-electron chi connectivity index (χ3n) is 1.95. The first kappa shape index (κ1) is 11.3. The van der Waals surface area contributed by atoms with Crippen molar-refractivity contribution < 1.29 is 0 Å². The Bertz CT molecular complexity index is 425. The molecule has 0 saturated heterocycles. The first-order chi connectivity index (χ1) is 7.26. The minimum Gasteiger partial charge on any atom is -0.280 e. The number of allylic oxidation sites excluding steroid dienone is 2. The number of hydrogen-bond acceptors (Lipinski definition) is 1. The van der Waals surface area contributed by atoms with E-state index in [4.69, 9.17) is 0 Å². The molecule has 0 radical (unpaired) electrons. The molecular weight excluding hydrogens is 182 g/mol. The van der Waals surface area contributed by atoms with E-state index in [0.29, 0.717) is 0 Å².